The van der Waals surface area contributed by atoms with Gasteiger partial charge in [0.25, 0.3) is 0 Å². The summed E-state index contributed by atoms with van der Waals surface area (Å²) in [5.41, 5.74) is 6.88. The molecule has 3 rings (SSSR count). The lowest BCUT2D eigenvalue weighted by molar-refractivity contribution is 0.181. The van der Waals surface area contributed by atoms with Crippen LogP contribution in [0.1, 0.15) is 41.1 Å². The monoisotopic (exact) mass is 338 g/mol. The molecule has 25 heavy (non-hydrogen) atoms. The Balaban J connectivity index is 1.85. The third-order valence-electron chi connectivity index (χ3n) is 4.83. The number of aliphatic hydroxyl groups excluding tert-OH is 1. The highest BCUT2D eigenvalue weighted by atomic mass is 16.5. The van der Waals surface area contributed by atoms with Crippen molar-refractivity contribution in [3.05, 3.63) is 58.4 Å². The second-order valence-corrected chi connectivity index (χ2v) is 6.82. The summed E-state index contributed by atoms with van der Waals surface area (Å²) >= 11 is 0. The summed E-state index contributed by atoms with van der Waals surface area (Å²) < 4.78 is 7.99. The van der Waals surface area contributed by atoms with E-state index in [2.05, 4.69) is 61.5 Å². The van der Waals surface area contributed by atoms with Gasteiger partial charge in [0.05, 0.1) is 17.6 Å². The van der Waals surface area contributed by atoms with Gasteiger partial charge >= 0.3 is 0 Å². The highest BCUT2D eigenvalue weighted by Gasteiger charge is 2.15. The van der Waals surface area contributed by atoms with Crippen LogP contribution in [0.25, 0.3) is 11.0 Å². The van der Waals surface area contributed by atoms with Crippen LogP contribution >= 0.6 is 0 Å². The summed E-state index contributed by atoms with van der Waals surface area (Å²) in [5, 5.41) is 10.1. The van der Waals surface area contributed by atoms with E-state index < -0.39 is 6.10 Å². The number of nitrogens with zero attached hydrogens (tertiary/aromatic N) is 2. The highest BCUT2D eigenvalue weighted by molar-refractivity contribution is 5.78. The minimum absolute atomic E-state index is 0.528. The van der Waals surface area contributed by atoms with Gasteiger partial charge in [-0.05, 0) is 81.1 Å². The predicted octanol–water partition coefficient (Wildman–Crippen LogP) is 4.40. The van der Waals surface area contributed by atoms with Crippen LogP contribution in [-0.4, -0.2) is 21.3 Å². The van der Waals surface area contributed by atoms with Crippen molar-refractivity contribution in [1.82, 2.24) is 9.55 Å². The van der Waals surface area contributed by atoms with Gasteiger partial charge in [-0.15, -0.1) is 0 Å². The Morgan fingerprint density at radius 1 is 1.00 bits per heavy atom. The van der Waals surface area contributed by atoms with Crippen LogP contribution in [0, 0.1) is 27.7 Å². The summed E-state index contributed by atoms with van der Waals surface area (Å²) in [6.45, 7) is 11.3. The molecule has 0 aliphatic rings. The van der Waals surface area contributed by atoms with Crippen molar-refractivity contribution in [3.8, 4) is 5.75 Å². The Bertz CT molecular complexity index is 910. The lowest BCUT2D eigenvalue weighted by Crippen LogP contribution is -2.13. The largest absolute Gasteiger partial charge is 0.492 e. The van der Waals surface area contributed by atoms with E-state index in [-0.39, 0.29) is 0 Å². The fraction of sp³-hybridized carbons (Fsp3) is 0.381. The quantitative estimate of drug-likeness (QED) is 0.750. The zero-order chi connectivity index (χ0) is 18.1. The smallest absolute Gasteiger partial charge is 0.138 e. The Morgan fingerprint density at radius 2 is 1.68 bits per heavy atom. The molecule has 4 nitrogen and oxygen atoms in total. The van der Waals surface area contributed by atoms with Crippen LogP contribution in [0.5, 0.6) is 5.75 Å². The van der Waals surface area contributed by atoms with Crippen LogP contribution < -0.4 is 4.74 Å². The number of benzene rings is 2. The molecule has 0 bridgehead atoms. The molecule has 1 heterocycles. The first-order valence-electron chi connectivity index (χ1n) is 8.72. The number of imidazole rings is 1. The number of aliphatic hydroxyl groups is 1. The van der Waals surface area contributed by atoms with Crippen molar-refractivity contribution in [2.24, 2.45) is 0 Å². The summed E-state index contributed by atoms with van der Waals surface area (Å²) in [5.74, 6) is 1.56. The van der Waals surface area contributed by atoms with E-state index in [1.807, 2.05) is 6.07 Å². The van der Waals surface area contributed by atoms with Gasteiger partial charge in [0.2, 0.25) is 0 Å². The molecule has 0 amide bonds. The Morgan fingerprint density at radius 3 is 2.36 bits per heavy atom. The summed E-state index contributed by atoms with van der Waals surface area (Å²) in [7, 11) is 0. The molecule has 3 aromatic rings. The zero-order valence-electron chi connectivity index (χ0n) is 15.6. The Kier molecular flexibility index (Phi) is 4.82. The molecular formula is C21H26N2O2. The molecule has 132 valence electrons. The second-order valence-electron chi connectivity index (χ2n) is 6.82. The van der Waals surface area contributed by atoms with Gasteiger partial charge < -0.3 is 14.4 Å². The number of fused-ring (bicyclic) bond motifs is 1. The molecule has 1 atom stereocenters. The third-order valence-corrected chi connectivity index (χ3v) is 4.83. The molecular weight excluding hydrogens is 312 g/mol. The number of hydrogen-bond donors (Lipinski definition) is 1. The summed E-state index contributed by atoms with van der Waals surface area (Å²) in [4.78, 5) is 4.62. The van der Waals surface area contributed by atoms with Gasteiger partial charge in [0.15, 0.2) is 0 Å². The third kappa shape index (κ3) is 3.54. The van der Waals surface area contributed by atoms with E-state index >= 15 is 0 Å². The van der Waals surface area contributed by atoms with Gasteiger partial charge in [-0.3, -0.25) is 0 Å². The maximum absolute atomic E-state index is 10.1. The van der Waals surface area contributed by atoms with Crippen molar-refractivity contribution >= 4 is 11.0 Å². The fourth-order valence-corrected chi connectivity index (χ4v) is 3.01. The van der Waals surface area contributed by atoms with Crippen molar-refractivity contribution < 1.29 is 9.84 Å². The molecule has 0 fully saturated rings. The van der Waals surface area contributed by atoms with E-state index in [0.29, 0.717) is 19.0 Å². The van der Waals surface area contributed by atoms with Crippen LogP contribution in [0.3, 0.4) is 0 Å². The SMILES string of the molecule is Cc1ccc(OCCn2c(C(C)O)nc3cc(C)c(C)cc32)cc1C. The maximum Gasteiger partial charge on any atom is 0.138 e. The molecule has 0 spiro atoms. The second kappa shape index (κ2) is 6.89. The number of ether oxygens (including phenoxy) is 1. The van der Waals surface area contributed by atoms with E-state index in [1.54, 1.807) is 6.92 Å². The Hall–Kier alpha value is -2.33. The highest BCUT2D eigenvalue weighted by Crippen LogP contribution is 2.24. The van der Waals surface area contributed by atoms with E-state index in [0.717, 1.165) is 16.8 Å². The Labute approximate surface area is 149 Å². The molecule has 1 N–H and O–H groups in total. The number of aromatic nitrogens is 2. The van der Waals surface area contributed by atoms with Crippen LogP contribution in [0.4, 0.5) is 0 Å². The fourth-order valence-electron chi connectivity index (χ4n) is 3.01. The molecule has 1 aromatic heterocycles. The van der Waals surface area contributed by atoms with Crippen LogP contribution in [0.15, 0.2) is 30.3 Å². The van der Waals surface area contributed by atoms with Crippen molar-refractivity contribution in [3.63, 3.8) is 0 Å². The topological polar surface area (TPSA) is 47.3 Å². The van der Waals surface area contributed by atoms with Gasteiger partial charge in [-0.25, -0.2) is 4.98 Å². The first-order valence-corrected chi connectivity index (χ1v) is 8.72. The molecule has 0 radical (unpaired) electrons. The van der Waals surface area contributed by atoms with Gasteiger partial charge in [-0.1, -0.05) is 6.07 Å². The normalized spacial score (nSPS) is 12.6. The van der Waals surface area contributed by atoms with E-state index in [9.17, 15) is 5.11 Å². The van der Waals surface area contributed by atoms with Gasteiger partial charge in [0, 0.05) is 0 Å². The lowest BCUT2D eigenvalue weighted by atomic mass is 10.1. The van der Waals surface area contributed by atoms with E-state index in [1.165, 1.54) is 22.3 Å². The molecule has 0 aliphatic heterocycles. The molecule has 0 aliphatic carbocycles. The van der Waals surface area contributed by atoms with Crippen LogP contribution in [-0.2, 0) is 6.54 Å². The molecule has 0 saturated carbocycles. The summed E-state index contributed by atoms with van der Waals surface area (Å²) in [6, 6.07) is 10.4. The lowest BCUT2D eigenvalue weighted by Gasteiger charge is -2.13. The van der Waals surface area contributed by atoms with Crippen LogP contribution in [0.2, 0.25) is 0 Å². The number of hydrogen-bond acceptors (Lipinski definition) is 3. The molecule has 1 unspecified atom stereocenters. The average Bonchev–Trinajstić information content (AvgIpc) is 2.89. The average molecular weight is 338 g/mol. The zero-order valence-corrected chi connectivity index (χ0v) is 15.6. The molecule has 4 heteroatoms. The standard InChI is InChI=1S/C21H26N2O2/c1-13-6-7-18(10-14(13)2)25-9-8-23-20-12-16(4)15(3)11-19(20)22-21(23)17(5)24/h6-7,10-12,17,24H,8-9H2,1-5H3. The first kappa shape index (κ1) is 17.5. The van der Waals surface area contributed by atoms with Crippen molar-refractivity contribution in [2.75, 3.05) is 6.61 Å². The molecule has 2 aromatic carbocycles. The minimum Gasteiger partial charge on any atom is -0.492 e. The number of aryl methyl sites for hydroxylation is 4. The minimum atomic E-state index is -0.616. The first-order chi connectivity index (χ1) is 11.9. The summed E-state index contributed by atoms with van der Waals surface area (Å²) in [6.07, 6.45) is -0.616. The van der Waals surface area contributed by atoms with Gasteiger partial charge in [0.1, 0.15) is 24.3 Å². The maximum atomic E-state index is 10.1. The number of rotatable bonds is 5. The van der Waals surface area contributed by atoms with Crippen molar-refractivity contribution in [2.45, 2.75) is 47.3 Å². The van der Waals surface area contributed by atoms with E-state index in [4.69, 9.17) is 4.74 Å². The van der Waals surface area contributed by atoms with Crippen molar-refractivity contribution in [1.29, 1.82) is 0 Å². The molecule has 0 saturated heterocycles. The van der Waals surface area contributed by atoms with Gasteiger partial charge in [-0.2, -0.15) is 0 Å². The predicted molar refractivity (Wildman–Crippen MR) is 101 cm³/mol.